The van der Waals surface area contributed by atoms with Crippen molar-refractivity contribution in [2.45, 2.75) is 11.8 Å². The Morgan fingerprint density at radius 1 is 0.674 bits per heavy atom. The molecule has 1 aliphatic rings. The van der Waals surface area contributed by atoms with Crippen LogP contribution in [0, 0.1) is 36.0 Å². The molecule has 230 valence electrons. The van der Waals surface area contributed by atoms with Crippen LogP contribution in [0.25, 0.3) is 38.6 Å². The quantitative estimate of drug-likeness (QED) is 0.0844. The van der Waals surface area contributed by atoms with E-state index < -0.39 is 55.9 Å². The van der Waals surface area contributed by atoms with Gasteiger partial charge in [0.05, 0.1) is 28.0 Å². The van der Waals surface area contributed by atoms with Gasteiger partial charge in [-0.1, -0.05) is 54.1 Å². The number of aryl methyl sites for hydroxylation is 1. The minimum atomic E-state index is -5.94. The summed E-state index contributed by atoms with van der Waals surface area (Å²) in [5, 5.41) is 1.20. The van der Waals surface area contributed by atoms with Gasteiger partial charge < -0.3 is 4.57 Å². The molecule has 0 N–H and O–H groups in total. The highest BCUT2D eigenvalue weighted by atomic mass is 32.2. The van der Waals surface area contributed by atoms with Crippen LogP contribution in [-0.2, 0) is 14.4 Å². The Kier molecular flexibility index (Phi) is 6.58. The molecule has 0 bridgehead atoms. The van der Waals surface area contributed by atoms with Gasteiger partial charge in [0.2, 0.25) is 5.82 Å². The zero-order valence-electron chi connectivity index (χ0n) is 23.3. The van der Waals surface area contributed by atoms with E-state index in [1.165, 1.54) is 18.2 Å². The molecule has 5 aromatic carbocycles. The van der Waals surface area contributed by atoms with E-state index in [-0.39, 0.29) is 21.6 Å². The number of nitrogens with zero attached hydrogens (tertiary/aromatic N) is 2. The zero-order valence-corrected chi connectivity index (χ0v) is 24.1. The number of aromatic nitrogens is 1. The van der Waals surface area contributed by atoms with Gasteiger partial charge in [-0.15, -0.1) is 9.35 Å². The number of imide groups is 1. The molecule has 0 atom stereocenters. The molecule has 0 radical (unpaired) electrons. The second-order valence-corrected chi connectivity index (χ2v) is 12.0. The van der Waals surface area contributed by atoms with Crippen LogP contribution in [0.15, 0.2) is 89.8 Å². The average Bonchev–Trinajstić information content (AvgIpc) is 3.42. The van der Waals surface area contributed by atoms with E-state index >= 15 is 0 Å². The lowest BCUT2D eigenvalue weighted by molar-refractivity contribution is -0.0159. The molecule has 0 unspecified atom stereocenters. The predicted octanol–water partition coefficient (Wildman–Crippen LogP) is 7.37. The summed E-state index contributed by atoms with van der Waals surface area (Å²) in [6, 6.07) is 24.7. The molecule has 0 spiro atoms. The van der Waals surface area contributed by atoms with E-state index in [1.807, 2.05) is 66.1 Å². The van der Waals surface area contributed by atoms with Crippen molar-refractivity contribution in [1.29, 1.82) is 0 Å². The summed E-state index contributed by atoms with van der Waals surface area (Å²) >= 11 is 0. The van der Waals surface area contributed by atoms with Crippen LogP contribution < -0.4 is 0 Å². The Hall–Kier alpha value is -5.40. The fourth-order valence-electron chi connectivity index (χ4n) is 5.68. The highest BCUT2D eigenvalue weighted by Gasteiger charge is 2.42. The van der Waals surface area contributed by atoms with Crippen molar-refractivity contribution in [1.82, 2.24) is 9.63 Å². The molecule has 7 rings (SSSR count). The monoisotopic (exact) mass is 648 g/mol. The molecule has 1 aromatic heterocycles. The van der Waals surface area contributed by atoms with Crippen LogP contribution in [0.4, 0.5) is 22.0 Å². The van der Waals surface area contributed by atoms with Crippen molar-refractivity contribution in [2.24, 2.45) is 0 Å². The smallest absolute Gasteiger partial charge is 0.309 e. The zero-order chi connectivity index (χ0) is 32.7. The third-order valence-corrected chi connectivity index (χ3v) is 8.91. The third kappa shape index (κ3) is 4.23. The molecule has 7 nitrogen and oxygen atoms in total. The molecule has 0 fully saturated rings. The number of benzene rings is 5. The number of carbonyl (C=O) groups excluding carboxylic acids is 2. The summed E-state index contributed by atoms with van der Waals surface area (Å²) in [5.41, 5.74) is 3.67. The molecule has 2 amide bonds. The Morgan fingerprint density at radius 2 is 1.30 bits per heavy atom. The minimum absolute atomic E-state index is 0.136. The summed E-state index contributed by atoms with van der Waals surface area (Å²) in [4.78, 5) is 24.7. The fourth-order valence-corrected chi connectivity index (χ4v) is 6.70. The van der Waals surface area contributed by atoms with Gasteiger partial charge in [0.25, 0.3) is 11.8 Å². The topological polar surface area (TPSA) is 85.7 Å². The molecule has 46 heavy (non-hydrogen) atoms. The van der Waals surface area contributed by atoms with Gasteiger partial charge >= 0.3 is 10.1 Å². The van der Waals surface area contributed by atoms with E-state index in [2.05, 4.69) is 4.28 Å². The maximum atomic E-state index is 14.4. The lowest BCUT2D eigenvalue weighted by atomic mass is 9.93. The van der Waals surface area contributed by atoms with Crippen molar-refractivity contribution in [3.05, 3.63) is 131 Å². The number of rotatable bonds is 5. The number of hydroxylamine groups is 2. The first kappa shape index (κ1) is 29.3. The van der Waals surface area contributed by atoms with Crippen LogP contribution in [0.3, 0.4) is 0 Å². The SMILES string of the molecule is Cc1ccc2c(c1)cc(-c1ccccc1)n2-c1ccc2c3c(cccc13)C(=O)N(OS(=O)(=O)c1c(F)c(F)c(F)c(F)c1F)C2=O. The Balaban J connectivity index is 1.39. The maximum Gasteiger partial charge on any atom is 0.324 e. The maximum absolute atomic E-state index is 14.4. The first-order valence-corrected chi connectivity index (χ1v) is 14.9. The third-order valence-electron chi connectivity index (χ3n) is 7.71. The molecule has 2 heterocycles. The molecular weight excluding hydrogens is 631 g/mol. The van der Waals surface area contributed by atoms with Crippen LogP contribution in [0.1, 0.15) is 26.3 Å². The van der Waals surface area contributed by atoms with Crippen LogP contribution >= 0.6 is 0 Å². The van der Waals surface area contributed by atoms with Crippen molar-refractivity contribution in [3.8, 4) is 16.9 Å². The van der Waals surface area contributed by atoms with Crippen molar-refractivity contribution >= 4 is 43.6 Å². The molecule has 13 heteroatoms. The van der Waals surface area contributed by atoms with Gasteiger partial charge in [-0.05, 0) is 48.9 Å². The van der Waals surface area contributed by atoms with Gasteiger partial charge in [0.1, 0.15) is 0 Å². The Morgan fingerprint density at radius 3 is 1.98 bits per heavy atom. The van der Waals surface area contributed by atoms with Crippen LogP contribution in [0.5, 0.6) is 0 Å². The highest BCUT2D eigenvalue weighted by molar-refractivity contribution is 7.86. The number of fused-ring (bicyclic) bond motifs is 1. The fraction of sp³-hybridized carbons (Fsp3) is 0.0303. The molecule has 6 aromatic rings. The number of amides is 2. The number of carbonyl (C=O) groups is 2. The molecule has 0 aliphatic carbocycles. The van der Waals surface area contributed by atoms with Gasteiger partial charge in [-0.3, -0.25) is 9.59 Å². The predicted molar refractivity (Wildman–Crippen MR) is 156 cm³/mol. The summed E-state index contributed by atoms with van der Waals surface area (Å²) in [5.74, 6) is -15.8. The minimum Gasteiger partial charge on any atom is -0.309 e. The molecule has 1 aliphatic heterocycles. The Bertz CT molecular complexity index is 2380. The van der Waals surface area contributed by atoms with E-state index in [1.54, 1.807) is 12.1 Å². The second-order valence-electron chi connectivity index (χ2n) is 10.5. The van der Waals surface area contributed by atoms with Gasteiger partial charge in [-0.25, -0.2) is 22.0 Å². The largest absolute Gasteiger partial charge is 0.324 e. The summed E-state index contributed by atoms with van der Waals surface area (Å²) in [6.45, 7) is 1.96. The molecule has 0 saturated heterocycles. The first-order chi connectivity index (χ1) is 21.9. The standard InChI is InChI=1S/C33H17F5N2O5S/c1-16-10-12-22-18(14-16)15-24(17-6-3-2-4-7-17)39(22)23-13-11-21-25-19(23)8-5-9-20(25)32(41)40(33(21)42)45-46(43,44)31-29(37)27(35)26(34)28(36)30(31)38/h2-15H,1H3. The first-order valence-electron chi connectivity index (χ1n) is 13.5. The summed E-state index contributed by atoms with van der Waals surface area (Å²) in [6.07, 6.45) is 0. The Labute approximate surface area is 256 Å². The number of hydrogen-bond acceptors (Lipinski definition) is 5. The lowest BCUT2D eigenvalue weighted by Gasteiger charge is -2.26. The summed E-state index contributed by atoms with van der Waals surface area (Å²) in [7, 11) is -5.94. The van der Waals surface area contributed by atoms with E-state index in [0.717, 1.165) is 27.7 Å². The lowest BCUT2D eigenvalue weighted by Crippen LogP contribution is -2.42. The highest BCUT2D eigenvalue weighted by Crippen LogP contribution is 2.39. The van der Waals surface area contributed by atoms with Gasteiger partial charge in [-0.2, -0.15) is 8.42 Å². The van der Waals surface area contributed by atoms with Crippen molar-refractivity contribution in [2.75, 3.05) is 0 Å². The van der Waals surface area contributed by atoms with E-state index in [4.69, 9.17) is 0 Å². The van der Waals surface area contributed by atoms with Gasteiger partial charge in [0, 0.05) is 16.2 Å². The van der Waals surface area contributed by atoms with Crippen molar-refractivity contribution < 1.29 is 44.2 Å². The number of hydrogen-bond donors (Lipinski definition) is 0. The van der Waals surface area contributed by atoms with Gasteiger partial charge in [0.15, 0.2) is 28.2 Å². The average molecular weight is 649 g/mol. The van der Waals surface area contributed by atoms with Crippen LogP contribution in [0.2, 0.25) is 0 Å². The van der Waals surface area contributed by atoms with E-state index in [9.17, 15) is 40.0 Å². The van der Waals surface area contributed by atoms with Crippen molar-refractivity contribution in [3.63, 3.8) is 0 Å². The second kappa shape index (κ2) is 10.3. The normalized spacial score (nSPS) is 13.3. The molecular formula is C33H17F5N2O5S. The molecule has 0 saturated carbocycles. The van der Waals surface area contributed by atoms with E-state index in [0.29, 0.717) is 11.1 Å². The summed E-state index contributed by atoms with van der Waals surface area (Å²) < 4.78 is 102. The van der Waals surface area contributed by atoms with Crippen LogP contribution in [-0.4, -0.2) is 29.9 Å². The number of halogens is 5.